The van der Waals surface area contributed by atoms with Gasteiger partial charge in [0.2, 0.25) is 5.89 Å². The van der Waals surface area contributed by atoms with E-state index in [0.717, 1.165) is 17.7 Å². The standard InChI is InChI=1S/C38H44F3N3O8/c1-24(47-20-19-42-23-26-12-15-29(50-38(39,40)41)21-30(26)34(45)51-36(2,3)4)48-28-16-17-31-32(22-28)49-33(43-31)18-11-25-9-13-27(14-10-25)44(8)35(46)52-37(5,6)7/h9-18,21-22,24,42H,19-20,23H2,1-8H3/b18-11+. The molecule has 0 aliphatic carbocycles. The second-order valence-electron chi connectivity index (χ2n) is 13.7. The molecule has 11 nitrogen and oxygen atoms in total. The number of rotatable bonds is 13. The van der Waals surface area contributed by atoms with Crippen molar-refractivity contribution < 1.29 is 50.9 Å². The van der Waals surface area contributed by atoms with E-state index in [1.807, 2.05) is 51.1 Å². The van der Waals surface area contributed by atoms with Crippen molar-refractivity contribution in [2.24, 2.45) is 0 Å². The first-order valence-corrected chi connectivity index (χ1v) is 16.5. The Hall–Kier alpha value is -5.08. The maximum atomic E-state index is 12.8. The zero-order valence-corrected chi connectivity index (χ0v) is 30.4. The number of halogens is 3. The van der Waals surface area contributed by atoms with Gasteiger partial charge in [-0.25, -0.2) is 14.6 Å². The number of carbonyl (C=O) groups excluding carboxylic acids is 2. The molecule has 0 saturated heterocycles. The molecule has 1 unspecified atom stereocenters. The van der Waals surface area contributed by atoms with E-state index >= 15 is 0 Å². The third-order valence-corrected chi connectivity index (χ3v) is 6.93. The Kier molecular flexibility index (Phi) is 12.6. The number of anilines is 1. The topological polar surface area (TPSA) is 122 Å². The van der Waals surface area contributed by atoms with E-state index in [1.165, 1.54) is 11.0 Å². The van der Waals surface area contributed by atoms with Gasteiger partial charge in [-0.2, -0.15) is 0 Å². The van der Waals surface area contributed by atoms with Crippen molar-refractivity contribution in [2.75, 3.05) is 25.1 Å². The van der Waals surface area contributed by atoms with Gasteiger partial charge in [-0.05, 0) is 102 Å². The molecule has 14 heteroatoms. The van der Waals surface area contributed by atoms with E-state index in [4.69, 9.17) is 23.4 Å². The maximum absolute atomic E-state index is 12.8. The Morgan fingerprint density at radius 3 is 2.23 bits per heavy atom. The van der Waals surface area contributed by atoms with Crippen LogP contribution < -0.4 is 19.7 Å². The van der Waals surface area contributed by atoms with Crippen LogP contribution in [0.3, 0.4) is 0 Å². The van der Waals surface area contributed by atoms with Gasteiger partial charge in [0.05, 0.1) is 12.2 Å². The van der Waals surface area contributed by atoms with Crippen LogP contribution in [0.1, 0.15) is 75.8 Å². The Bertz CT molecular complexity index is 1860. The van der Waals surface area contributed by atoms with Gasteiger partial charge in [-0.1, -0.05) is 18.2 Å². The molecule has 1 N–H and O–H groups in total. The fraction of sp³-hybridized carbons (Fsp3) is 0.395. The van der Waals surface area contributed by atoms with Crippen LogP contribution in [0.25, 0.3) is 23.3 Å². The lowest BCUT2D eigenvalue weighted by atomic mass is 10.1. The van der Waals surface area contributed by atoms with Crippen LogP contribution >= 0.6 is 0 Å². The average Bonchev–Trinajstić information content (AvgIpc) is 3.44. The molecule has 3 aromatic carbocycles. The molecule has 0 bridgehead atoms. The van der Waals surface area contributed by atoms with Crippen molar-refractivity contribution in [1.82, 2.24) is 10.3 Å². The average molecular weight is 728 g/mol. The van der Waals surface area contributed by atoms with Crippen LogP contribution in [-0.4, -0.2) is 61.1 Å². The summed E-state index contributed by atoms with van der Waals surface area (Å²) in [6.07, 6.45) is -2.38. The number of hydrogen-bond acceptors (Lipinski definition) is 10. The lowest BCUT2D eigenvalue weighted by Crippen LogP contribution is -2.34. The van der Waals surface area contributed by atoms with Gasteiger partial charge < -0.3 is 33.4 Å². The molecule has 0 radical (unpaired) electrons. The van der Waals surface area contributed by atoms with Crippen LogP contribution in [-0.2, 0) is 20.8 Å². The Labute approximate surface area is 300 Å². The largest absolute Gasteiger partial charge is 0.573 e. The summed E-state index contributed by atoms with van der Waals surface area (Å²) in [6.45, 7) is 12.9. The smallest absolute Gasteiger partial charge is 0.465 e. The number of alkyl halides is 3. The van der Waals surface area contributed by atoms with Gasteiger partial charge in [0.25, 0.3) is 0 Å². The van der Waals surface area contributed by atoms with E-state index in [1.54, 1.807) is 59.0 Å². The molecular weight excluding hydrogens is 683 g/mol. The van der Waals surface area contributed by atoms with Crippen molar-refractivity contribution in [3.05, 3.63) is 83.2 Å². The van der Waals surface area contributed by atoms with Gasteiger partial charge in [0, 0.05) is 38.0 Å². The Morgan fingerprint density at radius 1 is 0.904 bits per heavy atom. The van der Waals surface area contributed by atoms with E-state index < -0.39 is 41.7 Å². The number of fused-ring (bicyclic) bond motifs is 1. The third kappa shape index (κ3) is 12.6. The van der Waals surface area contributed by atoms with E-state index in [0.29, 0.717) is 40.5 Å². The van der Waals surface area contributed by atoms with Gasteiger partial charge in [-0.15, -0.1) is 13.2 Å². The molecule has 1 heterocycles. The molecule has 52 heavy (non-hydrogen) atoms. The highest BCUT2D eigenvalue weighted by molar-refractivity contribution is 5.92. The first kappa shape index (κ1) is 39.7. The van der Waals surface area contributed by atoms with Crippen LogP contribution in [0.15, 0.2) is 65.1 Å². The molecule has 1 aromatic heterocycles. The lowest BCUT2D eigenvalue weighted by Gasteiger charge is -2.24. The van der Waals surface area contributed by atoms with E-state index in [-0.39, 0.29) is 18.7 Å². The second-order valence-corrected chi connectivity index (χ2v) is 13.7. The summed E-state index contributed by atoms with van der Waals surface area (Å²) in [7, 11) is 1.65. The van der Waals surface area contributed by atoms with Gasteiger partial charge >= 0.3 is 18.4 Å². The quantitative estimate of drug-likeness (QED) is 0.0813. The molecule has 0 aliphatic rings. The van der Waals surface area contributed by atoms with E-state index in [2.05, 4.69) is 15.0 Å². The molecule has 4 rings (SSSR count). The number of carbonyl (C=O) groups is 2. The summed E-state index contributed by atoms with van der Waals surface area (Å²) in [5, 5.41) is 3.11. The van der Waals surface area contributed by atoms with Gasteiger partial charge in [-0.3, -0.25) is 4.90 Å². The Morgan fingerprint density at radius 2 is 1.58 bits per heavy atom. The fourth-order valence-electron chi connectivity index (χ4n) is 4.66. The molecule has 0 saturated carbocycles. The normalized spacial score (nSPS) is 12.9. The number of oxazole rings is 1. The van der Waals surface area contributed by atoms with Crippen LogP contribution in [0.4, 0.5) is 23.7 Å². The molecular formula is C38H44F3N3O8. The number of ether oxygens (including phenoxy) is 5. The minimum absolute atomic E-state index is 0.0397. The molecule has 0 aliphatic heterocycles. The molecule has 0 fully saturated rings. The summed E-state index contributed by atoms with van der Waals surface area (Å²) in [6, 6.07) is 16.2. The minimum Gasteiger partial charge on any atom is -0.465 e. The van der Waals surface area contributed by atoms with Crippen LogP contribution in [0, 0.1) is 0 Å². The van der Waals surface area contributed by atoms with Crippen LogP contribution in [0.5, 0.6) is 11.5 Å². The molecule has 0 spiro atoms. The number of aromatic nitrogens is 1. The highest BCUT2D eigenvalue weighted by Crippen LogP contribution is 2.27. The number of nitrogens with one attached hydrogen (secondary N) is 1. The minimum atomic E-state index is -4.90. The summed E-state index contributed by atoms with van der Waals surface area (Å²) in [5.74, 6) is -0.378. The summed E-state index contributed by atoms with van der Waals surface area (Å²) in [4.78, 5) is 31.0. The highest BCUT2D eigenvalue weighted by atomic mass is 19.4. The zero-order chi connectivity index (χ0) is 38.3. The number of benzene rings is 3. The lowest BCUT2D eigenvalue weighted by molar-refractivity contribution is -0.274. The predicted octanol–water partition coefficient (Wildman–Crippen LogP) is 8.75. The molecule has 1 atom stereocenters. The summed E-state index contributed by atoms with van der Waals surface area (Å²) >= 11 is 0. The van der Waals surface area contributed by atoms with Crippen molar-refractivity contribution in [3.63, 3.8) is 0 Å². The number of hydrogen-bond donors (Lipinski definition) is 1. The fourth-order valence-corrected chi connectivity index (χ4v) is 4.66. The molecule has 1 amide bonds. The SMILES string of the molecule is CC(OCCNCc1ccc(OC(F)(F)F)cc1C(=O)OC(C)(C)C)Oc1ccc2nc(/C=C/c3ccc(N(C)C(=O)OC(C)(C)C)cc3)oc2c1. The first-order chi connectivity index (χ1) is 24.2. The van der Waals surface area contributed by atoms with Crippen molar-refractivity contribution >= 4 is 41.0 Å². The maximum Gasteiger partial charge on any atom is 0.573 e. The number of amides is 1. The van der Waals surface area contributed by atoms with Crippen LogP contribution in [0.2, 0.25) is 0 Å². The van der Waals surface area contributed by atoms with Crippen molar-refractivity contribution in [2.45, 2.75) is 78.9 Å². The first-order valence-electron chi connectivity index (χ1n) is 16.5. The second kappa shape index (κ2) is 16.5. The third-order valence-electron chi connectivity index (χ3n) is 6.93. The van der Waals surface area contributed by atoms with E-state index in [9.17, 15) is 22.8 Å². The van der Waals surface area contributed by atoms with Gasteiger partial charge in [0.15, 0.2) is 11.9 Å². The molecule has 280 valence electrons. The number of nitrogens with zero attached hydrogens (tertiary/aromatic N) is 2. The highest BCUT2D eigenvalue weighted by Gasteiger charge is 2.32. The zero-order valence-electron chi connectivity index (χ0n) is 30.4. The Balaban J connectivity index is 1.27. The van der Waals surface area contributed by atoms with Crippen molar-refractivity contribution in [1.29, 1.82) is 0 Å². The monoisotopic (exact) mass is 727 g/mol. The van der Waals surface area contributed by atoms with Gasteiger partial charge in [0.1, 0.15) is 28.2 Å². The summed E-state index contributed by atoms with van der Waals surface area (Å²) < 4.78 is 70.6. The molecule has 4 aromatic rings. The predicted molar refractivity (Wildman–Crippen MR) is 190 cm³/mol. The van der Waals surface area contributed by atoms with Crippen molar-refractivity contribution in [3.8, 4) is 11.5 Å². The number of esters is 1. The summed E-state index contributed by atoms with van der Waals surface area (Å²) in [5.41, 5.74) is 1.69.